The van der Waals surface area contributed by atoms with Gasteiger partial charge < -0.3 is 30.6 Å². The van der Waals surface area contributed by atoms with E-state index in [-0.39, 0.29) is 21.7 Å². The van der Waals surface area contributed by atoms with Gasteiger partial charge in [0.15, 0.2) is 0 Å². The van der Waals surface area contributed by atoms with Gasteiger partial charge in [-0.15, -0.1) is 0 Å². The Labute approximate surface area is 140 Å². The first-order valence-electron chi connectivity index (χ1n) is 6.15. The minimum absolute atomic E-state index is 0. The molecule has 0 aliphatic heterocycles. The van der Waals surface area contributed by atoms with Crippen molar-refractivity contribution < 1.29 is 61.9 Å². The number of aliphatic hydroxyl groups is 4. The topological polar surface area (TPSA) is 156 Å². The maximum Gasteiger partial charge on any atom is 0.332 e. The molecule has 0 bridgehead atoms. The van der Waals surface area contributed by atoms with Crippen molar-refractivity contribution in [2.75, 3.05) is 13.2 Å². The van der Waals surface area contributed by atoms with Gasteiger partial charge in [-0.25, -0.2) is 9.59 Å². The van der Waals surface area contributed by atoms with Crippen LogP contribution in [0.3, 0.4) is 0 Å². The third-order valence-electron chi connectivity index (χ3n) is 1.16. The fraction of sp³-hybridized carbons (Fsp3) is 0.833. The molecule has 8 nitrogen and oxygen atoms in total. The van der Waals surface area contributed by atoms with Crippen LogP contribution >= 0.6 is 0 Å². The number of hydrogen-bond donors (Lipinski definition) is 6. The van der Waals surface area contributed by atoms with Crippen molar-refractivity contribution in [3.63, 3.8) is 0 Å². The number of rotatable bonds is 4. The molecule has 0 spiro atoms. The molecule has 0 radical (unpaired) electrons. The first kappa shape index (κ1) is 32.4. The number of hydrogen-bond acceptors (Lipinski definition) is 6. The zero-order chi connectivity index (χ0) is 17.1. The Bertz CT molecular complexity index is 183. The number of carboxylic acid groups (broad SMARTS) is 2. The van der Waals surface area contributed by atoms with Crippen LogP contribution in [0.2, 0.25) is 0 Å². The van der Waals surface area contributed by atoms with Crippen LogP contribution in [0, 0.1) is 0 Å². The van der Waals surface area contributed by atoms with Gasteiger partial charge in [-0.1, -0.05) is 13.8 Å². The van der Waals surface area contributed by atoms with Crippen LogP contribution in [-0.2, 0) is 31.3 Å². The van der Waals surface area contributed by atoms with Crippen molar-refractivity contribution in [2.24, 2.45) is 0 Å². The van der Waals surface area contributed by atoms with E-state index in [1.54, 1.807) is 0 Å². The van der Waals surface area contributed by atoms with E-state index in [0.717, 1.165) is 12.8 Å². The second-order valence-electron chi connectivity index (χ2n) is 3.48. The van der Waals surface area contributed by atoms with E-state index in [2.05, 4.69) is 0 Å². The van der Waals surface area contributed by atoms with E-state index < -0.39 is 24.1 Å². The van der Waals surface area contributed by atoms with Crippen LogP contribution in [0.4, 0.5) is 0 Å². The summed E-state index contributed by atoms with van der Waals surface area (Å²) in [7, 11) is 0. The van der Waals surface area contributed by atoms with E-state index in [1.807, 2.05) is 13.8 Å². The fourth-order valence-electron chi connectivity index (χ4n) is 0. The van der Waals surface area contributed by atoms with Crippen LogP contribution in [0.5, 0.6) is 0 Å². The molecule has 0 saturated heterocycles. The Morgan fingerprint density at radius 2 is 0.905 bits per heavy atom. The molecule has 2 unspecified atom stereocenters. The Hall–Kier alpha value is -0.506. The monoisotopic (exact) mass is 348 g/mol. The SMILES string of the molecule is CC(O)C(=O)O.CC(O)C(=O)O.CCCO.CCCO.[Ti]. The molecule has 128 valence electrons. The summed E-state index contributed by atoms with van der Waals surface area (Å²) < 4.78 is 0. The molecule has 21 heavy (non-hydrogen) atoms. The van der Waals surface area contributed by atoms with E-state index in [0.29, 0.717) is 13.2 Å². The number of aliphatic hydroxyl groups excluding tert-OH is 4. The van der Waals surface area contributed by atoms with Gasteiger partial charge >= 0.3 is 11.9 Å². The summed E-state index contributed by atoms with van der Waals surface area (Å²) in [6.45, 7) is 6.89. The number of carbonyl (C=O) groups is 2. The zero-order valence-corrected chi connectivity index (χ0v) is 14.5. The molecule has 6 N–H and O–H groups in total. The van der Waals surface area contributed by atoms with E-state index in [9.17, 15) is 9.59 Å². The van der Waals surface area contributed by atoms with Crippen LogP contribution in [-0.4, -0.2) is 68.0 Å². The van der Waals surface area contributed by atoms with Gasteiger partial charge in [-0.2, -0.15) is 0 Å². The molecule has 9 heteroatoms. The average molecular weight is 348 g/mol. The molecule has 0 saturated carbocycles. The minimum Gasteiger partial charge on any atom is -0.479 e. The molecule has 0 heterocycles. The third-order valence-corrected chi connectivity index (χ3v) is 1.16. The van der Waals surface area contributed by atoms with Gasteiger partial charge in [0, 0.05) is 34.9 Å². The number of aliphatic carboxylic acids is 2. The van der Waals surface area contributed by atoms with Crippen molar-refractivity contribution in [3.8, 4) is 0 Å². The van der Waals surface area contributed by atoms with Crippen molar-refractivity contribution in [1.82, 2.24) is 0 Å². The van der Waals surface area contributed by atoms with Gasteiger partial charge in [0.1, 0.15) is 12.2 Å². The van der Waals surface area contributed by atoms with E-state index in [4.69, 9.17) is 30.6 Å². The normalized spacial score (nSPS) is 10.7. The molecule has 0 rings (SSSR count). The predicted molar refractivity (Wildman–Crippen MR) is 73.4 cm³/mol. The van der Waals surface area contributed by atoms with Gasteiger partial charge in [0.25, 0.3) is 0 Å². The van der Waals surface area contributed by atoms with Gasteiger partial charge in [0.05, 0.1) is 0 Å². The van der Waals surface area contributed by atoms with Gasteiger partial charge in [-0.3, -0.25) is 0 Å². The Balaban J connectivity index is -0.0000000544. The minimum atomic E-state index is -1.23. The summed E-state index contributed by atoms with van der Waals surface area (Å²) in [5.41, 5.74) is 0. The first-order chi connectivity index (χ1) is 9.11. The van der Waals surface area contributed by atoms with Gasteiger partial charge in [0.2, 0.25) is 0 Å². The summed E-state index contributed by atoms with van der Waals surface area (Å²) in [5.74, 6) is -2.37. The van der Waals surface area contributed by atoms with E-state index >= 15 is 0 Å². The molecule has 0 aromatic carbocycles. The largest absolute Gasteiger partial charge is 0.479 e. The molecule has 0 fully saturated rings. The van der Waals surface area contributed by atoms with Crippen molar-refractivity contribution in [3.05, 3.63) is 0 Å². The predicted octanol–water partition coefficient (Wildman–Crippen LogP) is -0.321. The van der Waals surface area contributed by atoms with Crippen LogP contribution in [0.1, 0.15) is 40.5 Å². The molecule has 0 aliphatic rings. The smallest absolute Gasteiger partial charge is 0.332 e. The maximum absolute atomic E-state index is 9.45. The molecule has 0 amide bonds. The fourth-order valence-corrected chi connectivity index (χ4v) is 0. The Morgan fingerprint density at radius 1 is 0.810 bits per heavy atom. The Kier molecular flexibility index (Phi) is 42.9. The standard InChI is InChI=1S/2C3H6O3.2C3H8O.Ti/c2*1-2(4)3(5)6;2*1-2-3-4;/h2*2,4H,1H3,(H,5,6);2*4H,2-3H2,1H3;. The Morgan fingerprint density at radius 3 is 0.905 bits per heavy atom. The van der Waals surface area contributed by atoms with Crippen molar-refractivity contribution in [1.29, 1.82) is 0 Å². The molecule has 0 aliphatic carbocycles. The first-order valence-corrected chi connectivity index (χ1v) is 6.15. The molecular weight excluding hydrogens is 320 g/mol. The van der Waals surface area contributed by atoms with Gasteiger partial charge in [-0.05, 0) is 26.7 Å². The quantitative estimate of drug-likeness (QED) is 0.378. The summed E-state index contributed by atoms with van der Waals surface area (Å²) in [5, 5.41) is 47.3. The van der Waals surface area contributed by atoms with Crippen molar-refractivity contribution in [2.45, 2.75) is 52.7 Å². The van der Waals surface area contributed by atoms with Crippen molar-refractivity contribution >= 4 is 11.9 Å². The van der Waals surface area contributed by atoms with Crippen LogP contribution in [0.15, 0.2) is 0 Å². The number of carboxylic acids is 2. The summed E-state index contributed by atoms with van der Waals surface area (Å²) >= 11 is 0. The summed E-state index contributed by atoms with van der Waals surface area (Å²) in [6.07, 6.45) is -0.713. The molecule has 2 atom stereocenters. The summed E-state index contributed by atoms with van der Waals surface area (Å²) in [4.78, 5) is 18.9. The molecule has 0 aromatic rings. The average Bonchev–Trinajstić information content (AvgIpc) is 2.39. The third kappa shape index (κ3) is 66.2. The van der Waals surface area contributed by atoms with Crippen LogP contribution < -0.4 is 0 Å². The second kappa shape index (κ2) is 27.8. The zero-order valence-electron chi connectivity index (χ0n) is 13.0. The maximum atomic E-state index is 9.45. The second-order valence-corrected chi connectivity index (χ2v) is 3.48. The molecule has 0 aromatic heterocycles. The van der Waals surface area contributed by atoms with Crippen LogP contribution in [0.25, 0.3) is 0 Å². The molecular formula is C12H28O8Ti. The van der Waals surface area contributed by atoms with E-state index in [1.165, 1.54) is 13.8 Å². The summed E-state index contributed by atoms with van der Waals surface area (Å²) in [6, 6.07) is 0.